The first-order valence-electron chi connectivity index (χ1n) is 4.75. The van der Waals surface area contributed by atoms with Crippen LogP contribution in [0.5, 0.6) is 0 Å². The van der Waals surface area contributed by atoms with E-state index in [0.717, 1.165) is 25.7 Å². The molecule has 1 N–H and O–H groups in total. The van der Waals surface area contributed by atoms with Crippen LogP contribution in [0.15, 0.2) is 0 Å². The van der Waals surface area contributed by atoms with Crippen molar-refractivity contribution in [3.8, 4) is 0 Å². The average Bonchev–Trinajstić information content (AvgIpc) is 2.65. The number of hydroxylamine groups is 1. The second-order valence-corrected chi connectivity index (χ2v) is 3.29. The van der Waals surface area contributed by atoms with Crippen molar-refractivity contribution in [3.63, 3.8) is 0 Å². The zero-order valence-electron chi connectivity index (χ0n) is 8.04. The summed E-state index contributed by atoms with van der Waals surface area (Å²) in [6.07, 6.45) is 4.32. The van der Waals surface area contributed by atoms with Gasteiger partial charge in [0.1, 0.15) is 0 Å². The van der Waals surface area contributed by atoms with Gasteiger partial charge in [-0.1, -0.05) is 12.8 Å². The van der Waals surface area contributed by atoms with Gasteiger partial charge in [-0.15, -0.1) is 0 Å². The molecule has 76 valence electrons. The molecule has 1 rings (SSSR count). The van der Waals surface area contributed by atoms with Crippen LogP contribution in [0.2, 0.25) is 0 Å². The molecular weight excluding hydrogens is 170 g/mol. The minimum atomic E-state index is 0.0219. The fraction of sp³-hybridized carbons (Fsp3) is 0.889. The molecule has 1 amide bonds. The molecule has 1 aliphatic carbocycles. The third-order valence-electron chi connectivity index (χ3n) is 2.29. The standard InChI is InChI=1S/C9H17NO3/c1-12-6-7-13-10-9(11)8-4-2-3-5-8/h8H,2-7H2,1H3,(H,10,11). The Balaban J connectivity index is 2.03. The predicted molar refractivity (Wildman–Crippen MR) is 47.9 cm³/mol. The van der Waals surface area contributed by atoms with Gasteiger partial charge in [0.25, 0.3) is 0 Å². The minimum Gasteiger partial charge on any atom is -0.382 e. The quantitative estimate of drug-likeness (QED) is 0.513. The summed E-state index contributed by atoms with van der Waals surface area (Å²) in [7, 11) is 1.60. The van der Waals surface area contributed by atoms with E-state index in [9.17, 15) is 4.79 Å². The van der Waals surface area contributed by atoms with Gasteiger partial charge in [0.2, 0.25) is 5.91 Å². The molecule has 4 heteroatoms. The smallest absolute Gasteiger partial charge is 0.246 e. The lowest BCUT2D eigenvalue weighted by molar-refractivity contribution is -0.138. The van der Waals surface area contributed by atoms with E-state index >= 15 is 0 Å². The minimum absolute atomic E-state index is 0.0219. The fourth-order valence-electron chi connectivity index (χ4n) is 1.52. The number of carbonyl (C=O) groups is 1. The average molecular weight is 187 g/mol. The largest absolute Gasteiger partial charge is 0.382 e. The van der Waals surface area contributed by atoms with Crippen molar-refractivity contribution in [2.75, 3.05) is 20.3 Å². The maximum Gasteiger partial charge on any atom is 0.246 e. The first kappa shape index (κ1) is 10.5. The van der Waals surface area contributed by atoms with Gasteiger partial charge in [-0.25, -0.2) is 5.48 Å². The van der Waals surface area contributed by atoms with Gasteiger partial charge in [-0.3, -0.25) is 9.63 Å². The van der Waals surface area contributed by atoms with Gasteiger partial charge >= 0.3 is 0 Å². The third kappa shape index (κ3) is 3.74. The van der Waals surface area contributed by atoms with E-state index in [1.54, 1.807) is 7.11 Å². The van der Waals surface area contributed by atoms with Crippen LogP contribution in [0.4, 0.5) is 0 Å². The van der Waals surface area contributed by atoms with E-state index in [4.69, 9.17) is 9.57 Å². The number of rotatable bonds is 5. The Labute approximate surface area is 78.5 Å². The number of amides is 1. The molecule has 0 aromatic rings. The molecule has 0 aliphatic heterocycles. The van der Waals surface area contributed by atoms with Crippen molar-refractivity contribution >= 4 is 5.91 Å². The summed E-state index contributed by atoms with van der Waals surface area (Å²) < 4.78 is 4.77. The molecule has 0 aromatic carbocycles. The number of carbonyl (C=O) groups excluding carboxylic acids is 1. The zero-order chi connectivity index (χ0) is 9.52. The number of hydrogen-bond acceptors (Lipinski definition) is 3. The second-order valence-electron chi connectivity index (χ2n) is 3.29. The van der Waals surface area contributed by atoms with Crippen LogP contribution in [0, 0.1) is 5.92 Å². The van der Waals surface area contributed by atoms with Crippen molar-refractivity contribution in [1.82, 2.24) is 5.48 Å². The maximum atomic E-state index is 11.3. The normalized spacial score (nSPS) is 17.6. The molecule has 0 bridgehead atoms. The molecule has 1 aliphatic rings. The summed E-state index contributed by atoms with van der Waals surface area (Å²) in [6.45, 7) is 0.917. The van der Waals surface area contributed by atoms with Crippen LogP contribution in [-0.2, 0) is 14.4 Å². The summed E-state index contributed by atoms with van der Waals surface area (Å²) in [5.74, 6) is 0.191. The van der Waals surface area contributed by atoms with Crippen molar-refractivity contribution < 1.29 is 14.4 Å². The van der Waals surface area contributed by atoms with Gasteiger partial charge in [0, 0.05) is 13.0 Å². The summed E-state index contributed by atoms with van der Waals surface area (Å²) >= 11 is 0. The van der Waals surface area contributed by atoms with Gasteiger partial charge in [-0.2, -0.15) is 0 Å². The number of ether oxygens (including phenoxy) is 1. The maximum absolute atomic E-state index is 11.3. The van der Waals surface area contributed by atoms with E-state index in [-0.39, 0.29) is 11.8 Å². The van der Waals surface area contributed by atoms with Gasteiger partial charge in [0.15, 0.2) is 0 Å². The van der Waals surface area contributed by atoms with Crippen LogP contribution in [-0.4, -0.2) is 26.2 Å². The molecule has 4 nitrogen and oxygen atoms in total. The highest BCUT2D eigenvalue weighted by Gasteiger charge is 2.22. The number of nitrogens with one attached hydrogen (secondary N) is 1. The van der Waals surface area contributed by atoms with Crippen molar-refractivity contribution in [2.45, 2.75) is 25.7 Å². The monoisotopic (exact) mass is 187 g/mol. The molecule has 0 heterocycles. The Morgan fingerprint density at radius 1 is 1.38 bits per heavy atom. The van der Waals surface area contributed by atoms with E-state index in [0.29, 0.717) is 13.2 Å². The highest BCUT2D eigenvalue weighted by molar-refractivity contribution is 5.77. The molecule has 1 saturated carbocycles. The van der Waals surface area contributed by atoms with Crippen LogP contribution < -0.4 is 5.48 Å². The first-order valence-corrected chi connectivity index (χ1v) is 4.75. The number of hydrogen-bond donors (Lipinski definition) is 1. The van der Waals surface area contributed by atoms with Gasteiger partial charge in [-0.05, 0) is 12.8 Å². The molecular formula is C9H17NO3. The van der Waals surface area contributed by atoms with Crippen molar-refractivity contribution in [1.29, 1.82) is 0 Å². The zero-order valence-corrected chi connectivity index (χ0v) is 8.04. The summed E-state index contributed by atoms with van der Waals surface area (Å²) in [5.41, 5.74) is 2.44. The van der Waals surface area contributed by atoms with Crippen molar-refractivity contribution in [2.24, 2.45) is 5.92 Å². The molecule has 0 spiro atoms. The molecule has 0 radical (unpaired) electrons. The molecule has 0 unspecified atom stereocenters. The summed E-state index contributed by atoms with van der Waals surface area (Å²) in [4.78, 5) is 16.3. The summed E-state index contributed by atoms with van der Waals surface area (Å²) in [6, 6.07) is 0. The van der Waals surface area contributed by atoms with Gasteiger partial charge < -0.3 is 4.74 Å². The lowest BCUT2D eigenvalue weighted by atomic mass is 10.1. The Kier molecular flexibility index (Phi) is 4.78. The fourth-order valence-corrected chi connectivity index (χ4v) is 1.52. The molecule has 1 fully saturated rings. The van der Waals surface area contributed by atoms with Crippen LogP contribution in [0.1, 0.15) is 25.7 Å². The summed E-state index contributed by atoms with van der Waals surface area (Å²) in [5, 5.41) is 0. The lowest BCUT2D eigenvalue weighted by Gasteiger charge is -2.09. The predicted octanol–water partition coefficient (Wildman–Crippen LogP) is 0.871. The van der Waals surface area contributed by atoms with E-state index < -0.39 is 0 Å². The highest BCUT2D eigenvalue weighted by Crippen LogP contribution is 2.24. The van der Waals surface area contributed by atoms with Crippen molar-refractivity contribution in [3.05, 3.63) is 0 Å². The van der Waals surface area contributed by atoms with Crippen LogP contribution in [0.25, 0.3) is 0 Å². The molecule has 0 saturated heterocycles. The Hall–Kier alpha value is -0.610. The van der Waals surface area contributed by atoms with Crippen LogP contribution >= 0.6 is 0 Å². The molecule has 0 atom stereocenters. The lowest BCUT2D eigenvalue weighted by Crippen LogP contribution is -2.30. The molecule has 0 aromatic heterocycles. The Morgan fingerprint density at radius 3 is 2.69 bits per heavy atom. The first-order chi connectivity index (χ1) is 6.34. The number of methoxy groups -OCH3 is 1. The van der Waals surface area contributed by atoms with Gasteiger partial charge in [0.05, 0.1) is 13.2 Å². The van der Waals surface area contributed by atoms with E-state index in [1.165, 1.54) is 0 Å². The highest BCUT2D eigenvalue weighted by atomic mass is 16.7. The molecule has 13 heavy (non-hydrogen) atoms. The SMILES string of the molecule is COCCONC(=O)C1CCCC1. The second kappa shape index (κ2) is 5.94. The van der Waals surface area contributed by atoms with E-state index in [1.807, 2.05) is 0 Å². The van der Waals surface area contributed by atoms with Crippen LogP contribution in [0.3, 0.4) is 0 Å². The Bertz CT molecular complexity index is 155. The topological polar surface area (TPSA) is 47.6 Å². The third-order valence-corrected chi connectivity index (χ3v) is 2.29. The van der Waals surface area contributed by atoms with E-state index in [2.05, 4.69) is 5.48 Å². The Morgan fingerprint density at radius 2 is 2.08 bits per heavy atom.